The fraction of sp³-hybridized carbons (Fsp3) is 0.286. The number of ether oxygens (including phenoxy) is 1. The maximum Gasteiger partial charge on any atom is 0.573 e. The smallest absolute Gasteiger partial charge is 0.406 e. The van der Waals surface area contributed by atoms with Crippen LogP contribution in [0.25, 0.3) is 0 Å². The van der Waals surface area contributed by atoms with Crippen LogP contribution in [-0.2, 0) is 6.54 Å². The molecule has 2 aromatic rings. The maximum atomic E-state index is 12.0. The van der Waals surface area contributed by atoms with Gasteiger partial charge in [0.25, 0.3) is 0 Å². The number of aromatic nitrogens is 1. The summed E-state index contributed by atoms with van der Waals surface area (Å²) >= 11 is 0. The van der Waals surface area contributed by atoms with Gasteiger partial charge in [-0.2, -0.15) is 0 Å². The van der Waals surface area contributed by atoms with Crippen molar-refractivity contribution in [3.05, 3.63) is 41.3 Å². The van der Waals surface area contributed by atoms with Gasteiger partial charge in [0.05, 0.1) is 11.4 Å². The van der Waals surface area contributed by atoms with Gasteiger partial charge in [0.2, 0.25) is 0 Å². The van der Waals surface area contributed by atoms with Crippen LogP contribution in [0.2, 0.25) is 0 Å². The number of rotatable bonds is 5. The highest BCUT2D eigenvalue weighted by atomic mass is 19.4. The number of carbonyl (C=O) groups excluding carboxylic acids is 1. The van der Waals surface area contributed by atoms with E-state index in [1.54, 1.807) is 13.8 Å². The Morgan fingerprint density at radius 2 is 1.92 bits per heavy atom. The summed E-state index contributed by atoms with van der Waals surface area (Å²) in [7, 11) is 0. The van der Waals surface area contributed by atoms with E-state index in [2.05, 4.69) is 26.1 Å². The van der Waals surface area contributed by atoms with E-state index in [1.807, 2.05) is 0 Å². The summed E-state index contributed by atoms with van der Waals surface area (Å²) in [6.45, 7) is 3.72. The number of hydrogen-bond donors (Lipinski definition) is 3. The van der Waals surface area contributed by atoms with Crippen molar-refractivity contribution in [1.82, 2.24) is 15.9 Å². The van der Waals surface area contributed by atoms with Crippen molar-refractivity contribution >= 4 is 11.7 Å². The van der Waals surface area contributed by atoms with Gasteiger partial charge in [0, 0.05) is 12.1 Å². The van der Waals surface area contributed by atoms with E-state index in [4.69, 9.17) is 4.52 Å². The lowest BCUT2D eigenvalue weighted by Crippen LogP contribution is -2.38. The third-order valence-electron chi connectivity index (χ3n) is 3.02. The van der Waals surface area contributed by atoms with Crippen LogP contribution in [0, 0.1) is 13.8 Å². The van der Waals surface area contributed by atoms with E-state index in [9.17, 15) is 18.0 Å². The summed E-state index contributed by atoms with van der Waals surface area (Å²) in [5.41, 5.74) is 6.75. The molecular weight excluding hydrogens is 329 g/mol. The summed E-state index contributed by atoms with van der Waals surface area (Å²) < 4.78 is 44.8. The number of benzene rings is 1. The van der Waals surface area contributed by atoms with Crippen LogP contribution in [0.3, 0.4) is 0 Å². The van der Waals surface area contributed by atoms with Gasteiger partial charge in [-0.15, -0.1) is 13.2 Å². The van der Waals surface area contributed by atoms with Gasteiger partial charge in [-0.3, -0.25) is 10.9 Å². The van der Waals surface area contributed by atoms with Crippen LogP contribution in [0.15, 0.2) is 28.8 Å². The first-order chi connectivity index (χ1) is 11.2. The van der Waals surface area contributed by atoms with Crippen molar-refractivity contribution in [3.63, 3.8) is 0 Å². The zero-order valence-electron chi connectivity index (χ0n) is 12.8. The first-order valence-corrected chi connectivity index (χ1v) is 6.82. The molecule has 3 N–H and O–H groups in total. The van der Waals surface area contributed by atoms with Crippen LogP contribution < -0.4 is 20.9 Å². The van der Waals surface area contributed by atoms with E-state index in [1.165, 1.54) is 12.1 Å². The lowest BCUT2D eigenvalue weighted by atomic mass is 10.2. The second-order valence-electron chi connectivity index (χ2n) is 4.81. The summed E-state index contributed by atoms with van der Waals surface area (Å²) in [4.78, 5) is 11.7. The van der Waals surface area contributed by atoms with E-state index in [0.717, 1.165) is 17.7 Å². The van der Waals surface area contributed by atoms with Gasteiger partial charge < -0.3 is 14.6 Å². The lowest BCUT2D eigenvalue weighted by Gasteiger charge is -2.11. The Morgan fingerprint density at radius 3 is 2.46 bits per heavy atom. The van der Waals surface area contributed by atoms with Gasteiger partial charge in [-0.25, -0.2) is 4.79 Å². The molecule has 0 aliphatic rings. The minimum Gasteiger partial charge on any atom is -0.406 e. The predicted octanol–water partition coefficient (Wildman–Crippen LogP) is 3.02. The molecular formula is C14H15F3N4O3. The summed E-state index contributed by atoms with van der Waals surface area (Å²) in [5.74, 6) is 0.261. The van der Waals surface area contributed by atoms with Crippen molar-refractivity contribution < 1.29 is 27.2 Å². The third-order valence-corrected chi connectivity index (χ3v) is 3.02. The van der Waals surface area contributed by atoms with Gasteiger partial charge in [0.1, 0.15) is 11.5 Å². The minimum atomic E-state index is -4.74. The topological polar surface area (TPSA) is 88.4 Å². The molecule has 1 heterocycles. The van der Waals surface area contributed by atoms with Crippen LogP contribution in [0.1, 0.15) is 17.0 Å². The largest absolute Gasteiger partial charge is 0.573 e. The number of anilines is 1. The molecule has 10 heteroatoms. The molecule has 0 atom stereocenters. The number of carbonyl (C=O) groups is 1. The summed E-state index contributed by atoms with van der Waals surface area (Å²) in [6.07, 6.45) is -4.74. The third kappa shape index (κ3) is 5.07. The molecule has 0 fully saturated rings. The normalized spacial score (nSPS) is 11.0. The Balaban J connectivity index is 1.79. The van der Waals surface area contributed by atoms with E-state index in [0.29, 0.717) is 17.1 Å². The van der Waals surface area contributed by atoms with Crippen molar-refractivity contribution in [2.45, 2.75) is 26.8 Å². The molecule has 0 saturated heterocycles. The lowest BCUT2D eigenvalue weighted by molar-refractivity contribution is -0.274. The van der Waals surface area contributed by atoms with E-state index in [-0.39, 0.29) is 12.3 Å². The summed E-state index contributed by atoms with van der Waals surface area (Å²) in [5, 5.41) is 6.36. The highest BCUT2D eigenvalue weighted by Gasteiger charge is 2.30. The first kappa shape index (κ1) is 17.4. The molecule has 1 aromatic heterocycles. The minimum absolute atomic E-state index is 0.229. The molecule has 24 heavy (non-hydrogen) atoms. The molecule has 1 aromatic carbocycles. The number of halogens is 3. The number of alkyl halides is 3. The van der Waals surface area contributed by atoms with Crippen LogP contribution >= 0.6 is 0 Å². The second kappa shape index (κ2) is 7.11. The van der Waals surface area contributed by atoms with Crippen LogP contribution in [0.5, 0.6) is 5.75 Å². The van der Waals surface area contributed by atoms with Gasteiger partial charge >= 0.3 is 12.4 Å². The Hall–Kier alpha value is -2.91. The van der Waals surface area contributed by atoms with Crippen molar-refractivity contribution in [1.29, 1.82) is 0 Å². The standard InChI is InChI=1S/C14H15F3N4O3/c1-8-12(9(2)24-21-8)7-18-13(22)20-19-10-3-5-11(6-4-10)23-14(15,16)17/h3-6,19H,7H2,1-2H3,(H2,18,20,22). The quantitative estimate of drug-likeness (QED) is 0.726. The number of hydrogen-bond acceptors (Lipinski definition) is 5. The van der Waals surface area contributed by atoms with Crippen molar-refractivity contribution in [2.24, 2.45) is 0 Å². The number of aryl methyl sites for hydroxylation is 2. The average molecular weight is 344 g/mol. The molecule has 0 bridgehead atoms. The highest BCUT2D eigenvalue weighted by Crippen LogP contribution is 2.23. The number of nitrogens with zero attached hydrogens (tertiary/aromatic N) is 1. The van der Waals surface area contributed by atoms with Gasteiger partial charge in [0.15, 0.2) is 0 Å². The molecule has 0 aliphatic carbocycles. The van der Waals surface area contributed by atoms with Crippen molar-refractivity contribution in [3.8, 4) is 5.75 Å². The van der Waals surface area contributed by atoms with E-state index < -0.39 is 12.4 Å². The molecule has 0 spiro atoms. The number of hydrazine groups is 1. The molecule has 0 aliphatic heterocycles. The molecule has 7 nitrogen and oxygen atoms in total. The Bertz CT molecular complexity index is 679. The number of amides is 2. The Kier molecular flexibility index (Phi) is 5.17. The molecule has 0 saturated carbocycles. The molecule has 2 amide bonds. The monoisotopic (exact) mass is 344 g/mol. The van der Waals surface area contributed by atoms with Crippen LogP contribution in [0.4, 0.5) is 23.7 Å². The highest BCUT2D eigenvalue weighted by molar-refractivity contribution is 5.75. The maximum absolute atomic E-state index is 12.0. The first-order valence-electron chi connectivity index (χ1n) is 6.82. The number of urea groups is 1. The van der Waals surface area contributed by atoms with Crippen LogP contribution in [-0.4, -0.2) is 17.6 Å². The molecule has 130 valence electrons. The molecule has 2 rings (SSSR count). The summed E-state index contributed by atoms with van der Waals surface area (Å²) in [6, 6.07) is 4.38. The van der Waals surface area contributed by atoms with Gasteiger partial charge in [-0.05, 0) is 38.1 Å². The predicted molar refractivity (Wildman–Crippen MR) is 78.1 cm³/mol. The molecule has 0 radical (unpaired) electrons. The zero-order valence-corrected chi connectivity index (χ0v) is 12.8. The average Bonchev–Trinajstić information content (AvgIpc) is 2.82. The Labute approximate surface area is 135 Å². The zero-order chi connectivity index (χ0) is 17.7. The fourth-order valence-corrected chi connectivity index (χ4v) is 1.84. The SMILES string of the molecule is Cc1noc(C)c1CNC(=O)NNc1ccc(OC(F)(F)F)cc1. The second-order valence-corrected chi connectivity index (χ2v) is 4.81. The Morgan fingerprint density at radius 1 is 1.25 bits per heavy atom. The molecule has 0 unspecified atom stereocenters. The number of nitrogens with one attached hydrogen (secondary N) is 3. The van der Waals surface area contributed by atoms with Crippen molar-refractivity contribution in [2.75, 3.05) is 5.43 Å². The fourth-order valence-electron chi connectivity index (χ4n) is 1.84. The van der Waals surface area contributed by atoms with E-state index >= 15 is 0 Å². The van der Waals surface area contributed by atoms with Gasteiger partial charge in [-0.1, -0.05) is 5.16 Å².